The van der Waals surface area contributed by atoms with Crippen molar-refractivity contribution in [3.05, 3.63) is 22.4 Å². The summed E-state index contributed by atoms with van der Waals surface area (Å²) in [6.07, 6.45) is 3.60. The van der Waals surface area contributed by atoms with Crippen LogP contribution in [-0.4, -0.2) is 36.2 Å². The first kappa shape index (κ1) is 11.1. The second-order valence-corrected chi connectivity index (χ2v) is 5.15. The second-order valence-electron chi connectivity index (χ2n) is 4.37. The highest BCUT2D eigenvalue weighted by atomic mass is 32.1. The predicted molar refractivity (Wildman–Crippen MR) is 64.3 cm³/mol. The van der Waals surface area contributed by atoms with Crippen LogP contribution in [-0.2, 0) is 6.42 Å². The van der Waals surface area contributed by atoms with Crippen LogP contribution in [0.1, 0.15) is 18.4 Å². The van der Waals surface area contributed by atoms with Crippen LogP contribution < -0.4 is 0 Å². The van der Waals surface area contributed by atoms with Gasteiger partial charge < -0.3 is 10.0 Å². The molecule has 3 heteroatoms. The highest BCUT2D eigenvalue weighted by Crippen LogP contribution is 2.16. The number of nitrogens with zero attached hydrogens (tertiary/aromatic N) is 1. The standard InChI is InChI=1S/C12H19NOS/c14-9-12-2-1-5-13(8-12)6-3-11-4-7-15-10-11/h4,7,10,12,14H,1-3,5-6,8-9H2. The van der Waals surface area contributed by atoms with Crippen LogP contribution in [0.3, 0.4) is 0 Å². The molecule has 1 aromatic rings. The van der Waals surface area contributed by atoms with E-state index in [0.29, 0.717) is 12.5 Å². The van der Waals surface area contributed by atoms with Crippen LogP contribution in [0.5, 0.6) is 0 Å². The third kappa shape index (κ3) is 3.30. The van der Waals surface area contributed by atoms with Gasteiger partial charge in [0.15, 0.2) is 0 Å². The highest BCUT2D eigenvalue weighted by molar-refractivity contribution is 7.07. The summed E-state index contributed by atoms with van der Waals surface area (Å²) in [5, 5.41) is 13.5. The van der Waals surface area contributed by atoms with Crippen molar-refractivity contribution in [1.82, 2.24) is 4.90 Å². The van der Waals surface area contributed by atoms with Crippen LogP contribution in [0.15, 0.2) is 16.8 Å². The molecule has 1 aromatic heterocycles. The van der Waals surface area contributed by atoms with Gasteiger partial charge in [-0.15, -0.1) is 0 Å². The van der Waals surface area contributed by atoms with E-state index in [1.54, 1.807) is 11.3 Å². The Hall–Kier alpha value is -0.380. The summed E-state index contributed by atoms with van der Waals surface area (Å²) in [6, 6.07) is 2.21. The minimum Gasteiger partial charge on any atom is -0.396 e. The summed E-state index contributed by atoms with van der Waals surface area (Å²) in [5.41, 5.74) is 1.45. The van der Waals surface area contributed by atoms with Gasteiger partial charge in [0.1, 0.15) is 0 Å². The fraction of sp³-hybridized carbons (Fsp3) is 0.667. The van der Waals surface area contributed by atoms with Gasteiger partial charge in [0.25, 0.3) is 0 Å². The van der Waals surface area contributed by atoms with Gasteiger partial charge in [0, 0.05) is 19.7 Å². The van der Waals surface area contributed by atoms with Gasteiger partial charge in [-0.25, -0.2) is 0 Å². The molecule has 0 saturated carbocycles. The predicted octanol–water partition coefficient (Wildman–Crippen LogP) is 1.99. The number of likely N-dealkylation sites (tertiary alicyclic amines) is 1. The molecule has 2 heterocycles. The number of hydrogen-bond acceptors (Lipinski definition) is 3. The van der Waals surface area contributed by atoms with Crippen LogP contribution in [0.2, 0.25) is 0 Å². The molecule has 2 rings (SSSR count). The lowest BCUT2D eigenvalue weighted by Gasteiger charge is -2.31. The highest BCUT2D eigenvalue weighted by Gasteiger charge is 2.18. The van der Waals surface area contributed by atoms with Crippen LogP contribution >= 0.6 is 11.3 Å². The molecular weight excluding hydrogens is 206 g/mol. The Morgan fingerprint density at radius 2 is 2.47 bits per heavy atom. The molecule has 0 amide bonds. The zero-order valence-corrected chi connectivity index (χ0v) is 9.88. The Morgan fingerprint density at radius 1 is 1.53 bits per heavy atom. The lowest BCUT2D eigenvalue weighted by atomic mass is 9.99. The van der Waals surface area contributed by atoms with Crippen molar-refractivity contribution in [3.8, 4) is 0 Å². The van der Waals surface area contributed by atoms with E-state index >= 15 is 0 Å². The zero-order valence-electron chi connectivity index (χ0n) is 9.06. The molecular formula is C12H19NOS. The van der Waals surface area contributed by atoms with Gasteiger partial charge in [0.2, 0.25) is 0 Å². The van der Waals surface area contributed by atoms with Gasteiger partial charge in [-0.3, -0.25) is 0 Å². The topological polar surface area (TPSA) is 23.5 Å². The van der Waals surface area contributed by atoms with Crippen molar-refractivity contribution < 1.29 is 5.11 Å². The molecule has 1 aliphatic rings. The van der Waals surface area contributed by atoms with Crippen LogP contribution in [0, 0.1) is 5.92 Å². The third-order valence-corrected chi connectivity index (χ3v) is 3.89. The maximum Gasteiger partial charge on any atom is 0.0471 e. The smallest absolute Gasteiger partial charge is 0.0471 e. The Labute approximate surface area is 95.5 Å². The van der Waals surface area contributed by atoms with Crippen molar-refractivity contribution in [2.45, 2.75) is 19.3 Å². The van der Waals surface area contributed by atoms with E-state index in [2.05, 4.69) is 21.7 Å². The fourth-order valence-corrected chi connectivity index (χ4v) is 2.93. The molecule has 15 heavy (non-hydrogen) atoms. The minimum atomic E-state index is 0.356. The Bertz CT molecular complexity index is 273. The van der Waals surface area contributed by atoms with E-state index in [1.807, 2.05) is 0 Å². The zero-order chi connectivity index (χ0) is 10.5. The first-order chi connectivity index (χ1) is 7.38. The molecule has 1 saturated heterocycles. The lowest BCUT2D eigenvalue weighted by Crippen LogP contribution is -2.37. The van der Waals surface area contributed by atoms with E-state index in [0.717, 1.165) is 19.5 Å². The fourth-order valence-electron chi connectivity index (χ4n) is 2.23. The number of thiophene rings is 1. The number of hydrogen-bond donors (Lipinski definition) is 1. The summed E-state index contributed by atoms with van der Waals surface area (Å²) >= 11 is 1.77. The molecule has 84 valence electrons. The van der Waals surface area contributed by atoms with Gasteiger partial charge in [-0.1, -0.05) is 0 Å². The second kappa shape index (κ2) is 5.64. The minimum absolute atomic E-state index is 0.356. The lowest BCUT2D eigenvalue weighted by molar-refractivity contribution is 0.121. The normalized spacial score (nSPS) is 23.1. The van der Waals surface area contributed by atoms with Crippen molar-refractivity contribution in [1.29, 1.82) is 0 Å². The Balaban J connectivity index is 1.74. The number of piperidine rings is 1. The average Bonchev–Trinajstić information content (AvgIpc) is 2.79. The molecule has 1 fully saturated rings. The molecule has 0 spiro atoms. The van der Waals surface area contributed by atoms with E-state index in [-0.39, 0.29) is 0 Å². The summed E-state index contributed by atoms with van der Waals surface area (Å²) in [7, 11) is 0. The van der Waals surface area contributed by atoms with E-state index in [4.69, 9.17) is 5.11 Å². The molecule has 0 radical (unpaired) electrons. The Kier molecular flexibility index (Phi) is 4.18. The maximum absolute atomic E-state index is 9.14. The van der Waals surface area contributed by atoms with Crippen LogP contribution in [0.4, 0.5) is 0 Å². The van der Waals surface area contributed by atoms with Crippen molar-refractivity contribution >= 4 is 11.3 Å². The molecule has 2 nitrogen and oxygen atoms in total. The van der Waals surface area contributed by atoms with Gasteiger partial charge in [-0.05, 0) is 54.1 Å². The molecule has 0 bridgehead atoms. The summed E-state index contributed by atoms with van der Waals surface area (Å²) in [5.74, 6) is 0.515. The molecule has 1 atom stereocenters. The number of rotatable bonds is 4. The quantitative estimate of drug-likeness (QED) is 0.847. The monoisotopic (exact) mass is 225 g/mol. The summed E-state index contributed by atoms with van der Waals surface area (Å²) in [6.45, 7) is 3.80. The van der Waals surface area contributed by atoms with Crippen molar-refractivity contribution in [3.63, 3.8) is 0 Å². The first-order valence-electron chi connectivity index (χ1n) is 5.73. The van der Waals surface area contributed by atoms with Gasteiger partial charge >= 0.3 is 0 Å². The molecule has 1 N–H and O–H groups in total. The average molecular weight is 225 g/mol. The SMILES string of the molecule is OCC1CCCN(CCc2ccsc2)C1. The summed E-state index contributed by atoms with van der Waals surface area (Å²) < 4.78 is 0. The van der Waals surface area contributed by atoms with Crippen molar-refractivity contribution in [2.75, 3.05) is 26.2 Å². The molecule has 1 unspecified atom stereocenters. The molecule has 1 aliphatic heterocycles. The van der Waals surface area contributed by atoms with Gasteiger partial charge in [-0.2, -0.15) is 11.3 Å². The van der Waals surface area contributed by atoms with Crippen LogP contribution in [0.25, 0.3) is 0 Å². The number of aliphatic hydroxyl groups is 1. The summed E-state index contributed by atoms with van der Waals surface area (Å²) in [4.78, 5) is 2.49. The Morgan fingerprint density at radius 3 is 3.20 bits per heavy atom. The van der Waals surface area contributed by atoms with Crippen molar-refractivity contribution in [2.24, 2.45) is 5.92 Å². The third-order valence-electron chi connectivity index (χ3n) is 3.16. The van der Waals surface area contributed by atoms with E-state index < -0.39 is 0 Å². The first-order valence-corrected chi connectivity index (χ1v) is 6.67. The maximum atomic E-state index is 9.14. The number of aliphatic hydroxyl groups excluding tert-OH is 1. The van der Waals surface area contributed by atoms with E-state index in [1.165, 1.54) is 24.9 Å². The van der Waals surface area contributed by atoms with E-state index in [9.17, 15) is 0 Å². The largest absolute Gasteiger partial charge is 0.396 e. The van der Waals surface area contributed by atoms with Gasteiger partial charge in [0.05, 0.1) is 0 Å². The molecule has 0 aliphatic carbocycles. The molecule has 0 aromatic carbocycles.